The Kier molecular flexibility index (Phi) is 61.5. The van der Waals surface area contributed by atoms with Crippen LogP contribution in [0, 0.1) is 17.8 Å². The summed E-state index contributed by atoms with van der Waals surface area (Å²) >= 11 is 0. The second-order valence-electron chi connectivity index (χ2n) is 27.2. The highest BCUT2D eigenvalue weighted by Gasteiger charge is 2.30. The SMILES string of the molecule is CCCCCCCCCCCCCCCCCCC(=O)O[C@H](COC(=O)CCCCCCCCCCCCCCC(C)C)COP(=O)(O)OC[C@@H](O)COP(=O)(O)OC[C@@H](COC(=O)CCCCCCCCC(C)CC)OC(=O)CCCCCCCCCC(C)C. The molecule has 0 fully saturated rings. The average molecular weight is 1340 g/mol. The van der Waals surface area contributed by atoms with Gasteiger partial charge in [0.2, 0.25) is 0 Å². The maximum Gasteiger partial charge on any atom is 0.472 e. The van der Waals surface area contributed by atoms with Gasteiger partial charge >= 0.3 is 39.5 Å². The van der Waals surface area contributed by atoms with Crippen LogP contribution in [0.2, 0.25) is 0 Å². The highest BCUT2D eigenvalue weighted by atomic mass is 31.2. The number of hydrogen-bond acceptors (Lipinski definition) is 15. The number of phosphoric ester groups is 2. The number of esters is 4. The van der Waals surface area contributed by atoms with E-state index < -0.39 is 97.5 Å². The lowest BCUT2D eigenvalue weighted by atomic mass is 10.00. The van der Waals surface area contributed by atoms with Crippen molar-refractivity contribution in [2.75, 3.05) is 39.6 Å². The Hall–Kier alpha value is -1.94. The molecule has 6 atom stereocenters. The van der Waals surface area contributed by atoms with Gasteiger partial charge in [-0.3, -0.25) is 37.3 Å². The van der Waals surface area contributed by atoms with Crippen molar-refractivity contribution in [3.8, 4) is 0 Å². The van der Waals surface area contributed by atoms with Crippen LogP contribution >= 0.6 is 15.6 Å². The van der Waals surface area contributed by atoms with Crippen LogP contribution in [0.3, 0.4) is 0 Å². The zero-order valence-electron chi connectivity index (χ0n) is 59.3. The fraction of sp³-hybridized carbons (Fsp3) is 0.944. The Balaban J connectivity index is 5.24. The van der Waals surface area contributed by atoms with E-state index in [1.807, 2.05) is 0 Å². The van der Waals surface area contributed by atoms with Gasteiger partial charge in [0, 0.05) is 25.7 Å². The van der Waals surface area contributed by atoms with Crippen LogP contribution in [-0.4, -0.2) is 96.7 Å². The van der Waals surface area contributed by atoms with Crippen molar-refractivity contribution in [2.45, 2.75) is 381 Å². The van der Waals surface area contributed by atoms with Crippen molar-refractivity contribution in [3.63, 3.8) is 0 Å². The number of aliphatic hydroxyl groups excluding tert-OH is 1. The molecule has 0 spiro atoms. The van der Waals surface area contributed by atoms with Gasteiger partial charge in [0.1, 0.15) is 19.3 Å². The first-order valence-corrected chi connectivity index (χ1v) is 40.4. The third-order valence-corrected chi connectivity index (χ3v) is 18.9. The minimum atomic E-state index is -4.95. The number of ether oxygens (including phenoxy) is 4. The smallest absolute Gasteiger partial charge is 0.462 e. The highest BCUT2D eigenvalue weighted by Crippen LogP contribution is 2.45. The van der Waals surface area contributed by atoms with Gasteiger partial charge < -0.3 is 33.8 Å². The molecule has 0 aromatic heterocycles. The Morgan fingerprint density at radius 3 is 0.835 bits per heavy atom. The Morgan fingerprint density at radius 2 is 0.560 bits per heavy atom. The molecule has 540 valence electrons. The summed E-state index contributed by atoms with van der Waals surface area (Å²) < 4.78 is 68.3. The lowest BCUT2D eigenvalue weighted by Gasteiger charge is -2.21. The summed E-state index contributed by atoms with van der Waals surface area (Å²) in [5.41, 5.74) is 0. The van der Waals surface area contributed by atoms with Gasteiger partial charge in [-0.15, -0.1) is 0 Å². The molecule has 0 saturated heterocycles. The molecule has 0 amide bonds. The van der Waals surface area contributed by atoms with E-state index in [2.05, 4.69) is 48.5 Å². The number of carbonyl (C=O) groups is 4. The van der Waals surface area contributed by atoms with E-state index in [1.165, 1.54) is 167 Å². The summed E-state index contributed by atoms with van der Waals surface area (Å²) in [6.07, 6.45) is 47.3. The molecular weight excluding hydrogens is 1200 g/mol. The largest absolute Gasteiger partial charge is 0.472 e. The van der Waals surface area contributed by atoms with E-state index in [0.717, 1.165) is 108 Å². The van der Waals surface area contributed by atoms with Crippen molar-refractivity contribution in [3.05, 3.63) is 0 Å². The molecule has 0 bridgehead atoms. The molecule has 0 aromatic rings. The molecule has 19 heteroatoms. The van der Waals surface area contributed by atoms with Gasteiger partial charge in [0.25, 0.3) is 0 Å². The molecule has 0 heterocycles. The number of rotatable bonds is 70. The third-order valence-electron chi connectivity index (χ3n) is 17.0. The molecule has 3 N–H and O–H groups in total. The maximum atomic E-state index is 13.0. The topological polar surface area (TPSA) is 237 Å². The van der Waals surface area contributed by atoms with E-state index >= 15 is 0 Å². The second-order valence-corrected chi connectivity index (χ2v) is 30.1. The van der Waals surface area contributed by atoms with E-state index in [4.69, 9.17) is 37.0 Å². The first-order valence-electron chi connectivity index (χ1n) is 37.4. The van der Waals surface area contributed by atoms with Crippen molar-refractivity contribution >= 4 is 39.5 Å². The van der Waals surface area contributed by atoms with Gasteiger partial charge in [0.15, 0.2) is 12.2 Å². The van der Waals surface area contributed by atoms with Crippen molar-refractivity contribution < 1.29 is 80.2 Å². The van der Waals surface area contributed by atoms with Crippen LogP contribution in [0.5, 0.6) is 0 Å². The van der Waals surface area contributed by atoms with Crippen LogP contribution in [0.15, 0.2) is 0 Å². The van der Waals surface area contributed by atoms with Crippen LogP contribution < -0.4 is 0 Å². The molecule has 0 saturated carbocycles. The lowest BCUT2D eigenvalue weighted by Crippen LogP contribution is -2.30. The van der Waals surface area contributed by atoms with Crippen molar-refractivity contribution in [1.82, 2.24) is 0 Å². The predicted molar refractivity (Wildman–Crippen MR) is 368 cm³/mol. The monoisotopic (exact) mass is 1340 g/mol. The van der Waals surface area contributed by atoms with Crippen LogP contribution in [0.25, 0.3) is 0 Å². The molecule has 0 radical (unpaired) electrons. The fourth-order valence-corrected chi connectivity index (χ4v) is 12.4. The Bertz CT molecular complexity index is 1790. The minimum Gasteiger partial charge on any atom is -0.462 e. The highest BCUT2D eigenvalue weighted by molar-refractivity contribution is 7.47. The van der Waals surface area contributed by atoms with Gasteiger partial charge in [-0.05, 0) is 43.4 Å². The predicted octanol–water partition coefficient (Wildman–Crippen LogP) is 20.6. The number of hydrogen-bond donors (Lipinski definition) is 3. The summed E-state index contributed by atoms with van der Waals surface area (Å²) in [6, 6.07) is 0. The molecule has 0 aliphatic carbocycles. The number of carbonyl (C=O) groups excluding carboxylic acids is 4. The maximum absolute atomic E-state index is 13.0. The van der Waals surface area contributed by atoms with Gasteiger partial charge in [-0.25, -0.2) is 9.13 Å². The summed E-state index contributed by atoms with van der Waals surface area (Å²) in [5, 5.41) is 10.6. The van der Waals surface area contributed by atoms with E-state index in [1.54, 1.807) is 0 Å². The zero-order valence-corrected chi connectivity index (χ0v) is 61.1. The Labute approximate surface area is 556 Å². The third kappa shape index (κ3) is 65.1. The lowest BCUT2D eigenvalue weighted by molar-refractivity contribution is -0.161. The molecule has 0 aliphatic rings. The molecule has 0 aromatic carbocycles. The number of aliphatic hydroxyl groups is 1. The zero-order chi connectivity index (χ0) is 67.3. The normalized spacial score (nSPS) is 14.5. The quantitative estimate of drug-likeness (QED) is 0.0222. The average Bonchev–Trinajstić information content (AvgIpc) is 3.13. The first kappa shape index (κ1) is 89.1. The molecule has 17 nitrogen and oxygen atoms in total. The first-order chi connectivity index (χ1) is 43.8. The molecule has 3 unspecified atom stereocenters. The van der Waals surface area contributed by atoms with Crippen molar-refractivity contribution in [1.29, 1.82) is 0 Å². The molecule has 0 aliphatic heterocycles. The molecular formula is C72H140O17P2. The standard InChI is InChI=1S/C72H140O17P2/c1-8-10-11-12-13-14-15-16-17-18-19-24-27-32-41-48-55-71(76)88-67(59-82-69(74)53-46-39-31-26-23-21-20-22-25-29-36-43-50-63(3)4)61-86-90(78,79)84-57-66(73)58-85-91(80,81)87-62-68(89-72(77)56-49-42-33-28-30-37-44-51-64(5)6)60-83-70(75)54-47-40-35-34-38-45-52-65(7)9-2/h63-68,73H,8-62H2,1-7H3,(H,78,79)(H,80,81)/t65?,66-,67-,68-/m1/s1. The number of unbranched alkanes of at least 4 members (excludes halogenated alkanes) is 37. The van der Waals surface area contributed by atoms with Crippen LogP contribution in [-0.2, 0) is 65.4 Å². The summed E-state index contributed by atoms with van der Waals surface area (Å²) in [6.45, 7) is 11.8. The summed E-state index contributed by atoms with van der Waals surface area (Å²) in [4.78, 5) is 72.6. The number of phosphoric acid groups is 2. The van der Waals surface area contributed by atoms with E-state index in [0.29, 0.717) is 31.6 Å². The fourth-order valence-electron chi connectivity index (χ4n) is 10.9. The summed E-state index contributed by atoms with van der Waals surface area (Å²) in [7, 11) is -9.90. The van der Waals surface area contributed by atoms with E-state index in [-0.39, 0.29) is 25.7 Å². The summed E-state index contributed by atoms with van der Waals surface area (Å²) in [5.74, 6) is 0.0826. The van der Waals surface area contributed by atoms with Crippen molar-refractivity contribution in [2.24, 2.45) is 17.8 Å². The van der Waals surface area contributed by atoms with Gasteiger partial charge in [-0.2, -0.15) is 0 Å². The van der Waals surface area contributed by atoms with Crippen LogP contribution in [0.4, 0.5) is 0 Å². The van der Waals surface area contributed by atoms with Gasteiger partial charge in [-0.1, -0.05) is 312 Å². The Morgan fingerprint density at radius 1 is 0.319 bits per heavy atom. The van der Waals surface area contributed by atoms with Gasteiger partial charge in [0.05, 0.1) is 26.4 Å². The minimum absolute atomic E-state index is 0.102. The molecule has 91 heavy (non-hydrogen) atoms. The molecule has 0 rings (SSSR count). The van der Waals surface area contributed by atoms with E-state index in [9.17, 15) is 43.2 Å². The second kappa shape index (κ2) is 62.8. The van der Waals surface area contributed by atoms with Crippen LogP contribution in [0.1, 0.15) is 363 Å².